The third-order valence-electron chi connectivity index (χ3n) is 4.23. The molecule has 2 aromatic heterocycles. The highest BCUT2D eigenvalue weighted by molar-refractivity contribution is 5.66. The zero-order chi connectivity index (χ0) is 13.7. The van der Waals surface area contributed by atoms with E-state index in [1.165, 1.54) is 0 Å². The average molecular weight is 275 g/mol. The van der Waals surface area contributed by atoms with Gasteiger partial charge in [-0.25, -0.2) is 0 Å². The summed E-state index contributed by atoms with van der Waals surface area (Å²) in [5, 5.41) is 8.24. The molecule has 3 aliphatic heterocycles. The van der Waals surface area contributed by atoms with Gasteiger partial charge in [0.2, 0.25) is 0 Å². The van der Waals surface area contributed by atoms with Gasteiger partial charge < -0.3 is 10.3 Å². The van der Waals surface area contributed by atoms with Crippen LogP contribution in [-0.2, 0) is 7.05 Å². The van der Waals surface area contributed by atoms with Gasteiger partial charge in [-0.3, -0.25) is 14.5 Å². The van der Waals surface area contributed by atoms with Crippen molar-refractivity contribution >= 4 is 5.82 Å². The Balaban J connectivity index is 1.64. The predicted octanol–water partition coefficient (Wildman–Crippen LogP) is -0.275. The van der Waals surface area contributed by atoms with E-state index in [9.17, 15) is 0 Å². The monoisotopic (exact) mass is 275 g/mol. The Hall–Kier alpha value is -1.93. The van der Waals surface area contributed by atoms with E-state index in [2.05, 4.69) is 25.0 Å². The number of nitrogens with zero attached hydrogens (tertiary/aromatic N) is 6. The number of anilines is 1. The highest BCUT2D eigenvalue weighted by Crippen LogP contribution is 2.29. The van der Waals surface area contributed by atoms with E-state index in [-0.39, 0.29) is 6.04 Å². The van der Waals surface area contributed by atoms with Crippen molar-refractivity contribution in [1.82, 2.24) is 29.7 Å². The van der Waals surface area contributed by atoms with Gasteiger partial charge in [0.15, 0.2) is 5.82 Å². The number of piperazine rings is 3. The first-order valence-electron chi connectivity index (χ1n) is 6.80. The number of rotatable bonds is 2. The van der Waals surface area contributed by atoms with Crippen molar-refractivity contribution in [2.75, 3.05) is 38.5 Å². The summed E-state index contributed by atoms with van der Waals surface area (Å²) in [7, 11) is 1.79. The van der Waals surface area contributed by atoms with Crippen LogP contribution in [0.2, 0.25) is 0 Å². The van der Waals surface area contributed by atoms with Crippen LogP contribution in [0.5, 0.6) is 0 Å². The number of aryl methyl sites for hydroxylation is 1. The summed E-state index contributed by atoms with van der Waals surface area (Å²) in [5.74, 6) is 1.73. The molecule has 3 fully saturated rings. The van der Waals surface area contributed by atoms with Crippen LogP contribution >= 0.6 is 0 Å². The van der Waals surface area contributed by atoms with E-state index in [0.29, 0.717) is 17.3 Å². The van der Waals surface area contributed by atoms with Gasteiger partial charge in [-0.1, -0.05) is 5.16 Å². The van der Waals surface area contributed by atoms with Gasteiger partial charge in [0, 0.05) is 39.8 Å². The Labute approximate surface area is 116 Å². The van der Waals surface area contributed by atoms with Gasteiger partial charge in [0.1, 0.15) is 11.4 Å². The average Bonchev–Trinajstić information content (AvgIpc) is 3.09. The van der Waals surface area contributed by atoms with Crippen molar-refractivity contribution in [3.8, 4) is 11.5 Å². The lowest BCUT2D eigenvalue weighted by molar-refractivity contribution is 0.00781. The molecule has 0 saturated carbocycles. The maximum atomic E-state index is 5.94. The molecule has 2 aromatic rings. The van der Waals surface area contributed by atoms with E-state index >= 15 is 0 Å². The molecule has 0 aliphatic carbocycles. The van der Waals surface area contributed by atoms with E-state index in [1.807, 2.05) is 0 Å². The van der Waals surface area contributed by atoms with Gasteiger partial charge in [0.25, 0.3) is 5.89 Å². The summed E-state index contributed by atoms with van der Waals surface area (Å²) >= 11 is 0. The summed E-state index contributed by atoms with van der Waals surface area (Å²) in [5.41, 5.74) is 6.63. The summed E-state index contributed by atoms with van der Waals surface area (Å²) in [6.07, 6.45) is 1.66. The quantitative estimate of drug-likeness (QED) is 0.806. The van der Waals surface area contributed by atoms with Crippen LogP contribution in [0.3, 0.4) is 0 Å². The number of fused-ring (bicyclic) bond motifs is 3. The molecule has 2 N–H and O–H groups in total. The third kappa shape index (κ3) is 1.72. The number of hydrogen-bond acceptors (Lipinski definition) is 7. The summed E-state index contributed by atoms with van der Waals surface area (Å²) in [4.78, 5) is 9.38. The van der Waals surface area contributed by atoms with Crippen LogP contribution in [0, 0.1) is 0 Å². The van der Waals surface area contributed by atoms with Gasteiger partial charge >= 0.3 is 0 Å². The van der Waals surface area contributed by atoms with Gasteiger partial charge in [-0.05, 0) is 0 Å². The Morgan fingerprint density at radius 3 is 2.70 bits per heavy atom. The molecular formula is C12H17N7O. The van der Waals surface area contributed by atoms with Crippen molar-refractivity contribution in [2.24, 2.45) is 7.05 Å². The fourth-order valence-corrected chi connectivity index (χ4v) is 2.95. The molecule has 1 atom stereocenters. The van der Waals surface area contributed by atoms with Gasteiger partial charge in [-0.2, -0.15) is 10.1 Å². The van der Waals surface area contributed by atoms with Crippen LogP contribution in [-0.4, -0.2) is 62.4 Å². The van der Waals surface area contributed by atoms with Crippen molar-refractivity contribution in [2.45, 2.75) is 6.04 Å². The molecule has 5 heterocycles. The molecule has 20 heavy (non-hydrogen) atoms. The highest BCUT2D eigenvalue weighted by Gasteiger charge is 2.35. The van der Waals surface area contributed by atoms with Crippen LogP contribution < -0.4 is 5.73 Å². The fraction of sp³-hybridized carbons (Fsp3) is 0.583. The third-order valence-corrected chi connectivity index (χ3v) is 4.23. The molecule has 106 valence electrons. The fourth-order valence-electron chi connectivity index (χ4n) is 2.95. The van der Waals surface area contributed by atoms with Crippen molar-refractivity contribution < 1.29 is 4.52 Å². The molecule has 2 bridgehead atoms. The molecule has 0 radical (unpaired) electrons. The maximum Gasteiger partial charge on any atom is 0.263 e. The minimum atomic E-state index is 0.230. The normalized spacial score (nSPS) is 28.9. The van der Waals surface area contributed by atoms with E-state index in [0.717, 1.165) is 38.5 Å². The molecule has 8 heteroatoms. The summed E-state index contributed by atoms with van der Waals surface area (Å²) in [6.45, 7) is 5.39. The molecule has 0 spiro atoms. The molecule has 0 amide bonds. The number of aromatic nitrogens is 4. The summed E-state index contributed by atoms with van der Waals surface area (Å²) < 4.78 is 6.96. The van der Waals surface area contributed by atoms with Crippen LogP contribution in [0.1, 0.15) is 11.9 Å². The van der Waals surface area contributed by atoms with Crippen LogP contribution in [0.15, 0.2) is 10.7 Å². The molecule has 8 nitrogen and oxygen atoms in total. The second-order valence-corrected chi connectivity index (χ2v) is 5.38. The van der Waals surface area contributed by atoms with Crippen LogP contribution in [0.25, 0.3) is 11.5 Å². The highest BCUT2D eigenvalue weighted by atomic mass is 16.5. The lowest BCUT2D eigenvalue weighted by atomic mass is 10.1. The minimum Gasteiger partial charge on any atom is -0.383 e. The van der Waals surface area contributed by atoms with Crippen molar-refractivity contribution in [3.05, 3.63) is 12.0 Å². The molecule has 0 aromatic carbocycles. The van der Waals surface area contributed by atoms with Gasteiger partial charge in [0.05, 0.1) is 12.2 Å². The Morgan fingerprint density at radius 2 is 2.10 bits per heavy atom. The number of nitrogens with two attached hydrogens (primary N) is 1. The molecule has 3 aliphatic rings. The van der Waals surface area contributed by atoms with Crippen LogP contribution in [0.4, 0.5) is 5.82 Å². The predicted molar refractivity (Wildman–Crippen MR) is 71.7 cm³/mol. The zero-order valence-electron chi connectivity index (χ0n) is 11.4. The molecular weight excluding hydrogens is 258 g/mol. The smallest absolute Gasteiger partial charge is 0.263 e. The van der Waals surface area contributed by atoms with Crippen molar-refractivity contribution in [1.29, 1.82) is 0 Å². The molecule has 3 saturated heterocycles. The SMILES string of the molecule is Cn1ncc(-c2nc(C3CN4CCN3CC4)no2)c1N. The molecule has 1 unspecified atom stereocenters. The Kier molecular flexibility index (Phi) is 2.54. The lowest BCUT2D eigenvalue weighted by Crippen LogP contribution is -2.57. The largest absolute Gasteiger partial charge is 0.383 e. The first kappa shape index (κ1) is 11.9. The molecule has 5 rings (SSSR count). The second kappa shape index (κ2) is 4.29. The summed E-state index contributed by atoms with van der Waals surface area (Å²) in [6, 6.07) is 0.230. The van der Waals surface area contributed by atoms with Gasteiger partial charge in [-0.15, -0.1) is 0 Å². The topological polar surface area (TPSA) is 89.2 Å². The van der Waals surface area contributed by atoms with E-state index in [4.69, 9.17) is 10.3 Å². The Morgan fingerprint density at radius 1 is 1.30 bits per heavy atom. The first-order chi connectivity index (χ1) is 9.72. The zero-order valence-corrected chi connectivity index (χ0v) is 11.4. The lowest BCUT2D eigenvalue weighted by Gasteiger charge is -2.46. The first-order valence-corrected chi connectivity index (χ1v) is 6.80. The van der Waals surface area contributed by atoms with Crippen molar-refractivity contribution in [3.63, 3.8) is 0 Å². The van der Waals surface area contributed by atoms with E-state index in [1.54, 1.807) is 17.9 Å². The minimum absolute atomic E-state index is 0.230. The second-order valence-electron chi connectivity index (χ2n) is 5.38. The van der Waals surface area contributed by atoms with E-state index < -0.39 is 0 Å². The Bertz CT molecular complexity index is 626. The number of hydrogen-bond donors (Lipinski definition) is 1. The number of nitrogen functional groups attached to an aromatic ring is 1. The standard InChI is InChI=1S/C12H17N7O/c1-17-10(13)8(6-14-17)12-15-11(16-20-12)9-7-18-2-4-19(9)5-3-18/h6,9H,2-5,7,13H2,1H3. The maximum absolute atomic E-state index is 5.94.